The third-order valence-corrected chi connectivity index (χ3v) is 4.97. The van der Waals surface area contributed by atoms with Crippen LogP contribution in [-0.2, 0) is 0 Å². The number of amidine groups is 1. The fourth-order valence-electron chi connectivity index (χ4n) is 2.64. The number of aliphatic hydroxyl groups is 3. The summed E-state index contributed by atoms with van der Waals surface area (Å²) in [5.41, 5.74) is 0. The van der Waals surface area contributed by atoms with Crippen LogP contribution >= 0.6 is 11.8 Å². The molecule has 6 unspecified atom stereocenters. The van der Waals surface area contributed by atoms with Gasteiger partial charge in [-0.25, -0.2) is 0 Å². The van der Waals surface area contributed by atoms with Crippen LogP contribution in [0, 0.1) is 5.92 Å². The normalized spacial score (nSPS) is 43.6. The molecule has 2 rings (SSSR count). The molecule has 1 aliphatic carbocycles. The maximum absolute atomic E-state index is 10.1. The second kappa shape index (κ2) is 5.77. The number of rotatable bonds is 3. The molecule has 2 fully saturated rings. The summed E-state index contributed by atoms with van der Waals surface area (Å²) in [5.74, 6) is -0.263. The Labute approximate surface area is 112 Å². The van der Waals surface area contributed by atoms with Crippen molar-refractivity contribution in [2.24, 2.45) is 10.9 Å². The third-order valence-electron chi connectivity index (χ3n) is 3.71. The lowest BCUT2D eigenvalue weighted by Crippen LogP contribution is -2.57. The number of aliphatic hydroxyl groups excluding tert-OH is 3. The lowest BCUT2D eigenvalue weighted by atomic mass is 9.78. The number of hydrogen-bond acceptors (Lipinski definition) is 5. The Balaban J connectivity index is 2.07. The molecule has 1 aliphatic heterocycles. The molecule has 6 atom stereocenters. The molecular formula is C12H22N2O3S. The van der Waals surface area contributed by atoms with E-state index in [4.69, 9.17) is 0 Å². The minimum atomic E-state index is -0.870. The average molecular weight is 274 g/mol. The first-order valence-corrected chi connectivity index (χ1v) is 7.44. The Kier molecular flexibility index (Phi) is 4.53. The van der Waals surface area contributed by atoms with Crippen molar-refractivity contribution >= 4 is 16.9 Å². The van der Waals surface area contributed by atoms with E-state index < -0.39 is 18.3 Å². The van der Waals surface area contributed by atoms with Gasteiger partial charge in [-0.1, -0.05) is 18.7 Å². The van der Waals surface area contributed by atoms with Crippen LogP contribution in [0.5, 0.6) is 0 Å². The van der Waals surface area contributed by atoms with Crippen LogP contribution in [0.3, 0.4) is 0 Å². The van der Waals surface area contributed by atoms with E-state index in [-0.39, 0.29) is 17.2 Å². The van der Waals surface area contributed by atoms with Crippen molar-refractivity contribution in [1.29, 1.82) is 0 Å². The molecule has 0 spiro atoms. The predicted molar refractivity (Wildman–Crippen MR) is 72.7 cm³/mol. The molecule has 0 aromatic rings. The Morgan fingerprint density at radius 2 is 2.17 bits per heavy atom. The van der Waals surface area contributed by atoms with Crippen molar-refractivity contribution in [3.8, 4) is 0 Å². The highest BCUT2D eigenvalue weighted by Gasteiger charge is 2.48. The number of thioether (sulfide) groups is 1. The zero-order valence-corrected chi connectivity index (χ0v) is 11.6. The van der Waals surface area contributed by atoms with E-state index in [9.17, 15) is 15.3 Å². The monoisotopic (exact) mass is 274 g/mol. The van der Waals surface area contributed by atoms with Crippen LogP contribution in [-0.4, -0.2) is 56.6 Å². The predicted octanol–water partition coefficient (Wildman–Crippen LogP) is -0.0515. The van der Waals surface area contributed by atoms with Gasteiger partial charge in [0, 0.05) is 17.7 Å². The first kappa shape index (κ1) is 14.1. The van der Waals surface area contributed by atoms with Crippen LogP contribution in [0.1, 0.15) is 26.7 Å². The Morgan fingerprint density at radius 3 is 2.78 bits per heavy atom. The van der Waals surface area contributed by atoms with E-state index in [0.717, 1.165) is 18.1 Å². The number of nitrogens with one attached hydrogen (secondary N) is 1. The highest BCUT2D eigenvalue weighted by atomic mass is 32.2. The van der Waals surface area contributed by atoms with E-state index >= 15 is 0 Å². The summed E-state index contributed by atoms with van der Waals surface area (Å²) in [6, 6.07) is -0.157. The van der Waals surface area contributed by atoms with Crippen LogP contribution < -0.4 is 5.32 Å². The Bertz CT molecular complexity index is 324. The molecule has 0 amide bonds. The van der Waals surface area contributed by atoms with Crippen molar-refractivity contribution in [2.45, 2.75) is 56.3 Å². The Hall–Kier alpha value is -0.300. The zero-order valence-electron chi connectivity index (χ0n) is 10.8. The lowest BCUT2D eigenvalue weighted by Gasteiger charge is -2.40. The molecule has 6 heteroatoms. The van der Waals surface area contributed by atoms with Gasteiger partial charge in [-0.3, -0.25) is 4.99 Å². The van der Waals surface area contributed by atoms with Crippen molar-refractivity contribution in [1.82, 2.24) is 5.32 Å². The van der Waals surface area contributed by atoms with E-state index in [1.54, 1.807) is 18.7 Å². The quantitative estimate of drug-likeness (QED) is 0.580. The molecule has 0 aromatic carbocycles. The van der Waals surface area contributed by atoms with E-state index in [2.05, 4.69) is 17.2 Å². The Morgan fingerprint density at radius 1 is 1.44 bits per heavy atom. The highest BCUT2D eigenvalue weighted by Crippen LogP contribution is 2.38. The number of hydrogen-bond donors (Lipinski definition) is 4. The van der Waals surface area contributed by atoms with E-state index in [0.29, 0.717) is 6.42 Å². The second-order valence-electron chi connectivity index (χ2n) is 5.13. The second-order valence-corrected chi connectivity index (χ2v) is 6.36. The first-order chi connectivity index (χ1) is 8.54. The van der Waals surface area contributed by atoms with Crippen molar-refractivity contribution in [2.75, 3.05) is 6.54 Å². The molecule has 2 aliphatic rings. The summed E-state index contributed by atoms with van der Waals surface area (Å²) < 4.78 is 0. The summed E-state index contributed by atoms with van der Waals surface area (Å²) in [6.07, 6.45) is -0.630. The van der Waals surface area contributed by atoms with Gasteiger partial charge < -0.3 is 20.6 Å². The number of fused-ring (bicyclic) bond motifs is 1. The van der Waals surface area contributed by atoms with Crippen LogP contribution in [0.15, 0.2) is 4.99 Å². The first-order valence-electron chi connectivity index (χ1n) is 6.56. The number of aliphatic imine (C=N–C) groups is 1. The van der Waals surface area contributed by atoms with Gasteiger partial charge in [0.05, 0.1) is 18.2 Å². The van der Waals surface area contributed by atoms with Gasteiger partial charge in [0.15, 0.2) is 5.17 Å². The topological polar surface area (TPSA) is 85.1 Å². The van der Waals surface area contributed by atoms with Gasteiger partial charge >= 0.3 is 0 Å². The molecule has 0 bridgehead atoms. The van der Waals surface area contributed by atoms with E-state index in [1.165, 1.54) is 0 Å². The molecule has 0 aromatic heterocycles. The molecule has 1 heterocycles. The maximum Gasteiger partial charge on any atom is 0.157 e. The fourth-order valence-corrected chi connectivity index (χ4v) is 3.99. The highest BCUT2D eigenvalue weighted by molar-refractivity contribution is 8.14. The van der Waals surface area contributed by atoms with Gasteiger partial charge in [-0.05, 0) is 19.8 Å². The standard InChI is InChI=1S/C12H22N2O3S/c1-3-4-13-12-14-9-8(18-12)5-7(6(2)15)10(16)11(9)17/h6-11,15-17H,3-5H2,1-2H3,(H,13,14). The summed E-state index contributed by atoms with van der Waals surface area (Å²) >= 11 is 1.62. The molecule has 18 heavy (non-hydrogen) atoms. The van der Waals surface area contributed by atoms with Crippen LogP contribution in [0.4, 0.5) is 0 Å². The molecule has 1 saturated carbocycles. The van der Waals surface area contributed by atoms with Crippen molar-refractivity contribution in [3.05, 3.63) is 0 Å². The minimum Gasteiger partial charge on any atom is -0.393 e. The van der Waals surface area contributed by atoms with Gasteiger partial charge in [0.25, 0.3) is 0 Å². The maximum atomic E-state index is 10.1. The molecule has 4 N–H and O–H groups in total. The largest absolute Gasteiger partial charge is 0.393 e. The van der Waals surface area contributed by atoms with Gasteiger partial charge in [0.1, 0.15) is 6.10 Å². The summed E-state index contributed by atoms with van der Waals surface area (Å²) in [4.78, 5) is 4.41. The third kappa shape index (κ3) is 2.66. The SMILES string of the molecule is CCCN=C1NC2C(CC(C(C)O)C(O)C2O)S1. The minimum absolute atomic E-state index is 0.157. The molecule has 0 radical (unpaired) electrons. The smallest absolute Gasteiger partial charge is 0.157 e. The van der Waals surface area contributed by atoms with Crippen molar-refractivity contribution < 1.29 is 15.3 Å². The average Bonchev–Trinajstić information content (AvgIpc) is 2.74. The fraction of sp³-hybridized carbons (Fsp3) is 0.917. The lowest BCUT2D eigenvalue weighted by molar-refractivity contribution is -0.0864. The van der Waals surface area contributed by atoms with E-state index in [1.807, 2.05) is 0 Å². The summed E-state index contributed by atoms with van der Waals surface area (Å²) in [7, 11) is 0. The number of nitrogens with zero attached hydrogens (tertiary/aromatic N) is 1. The molecule has 5 nitrogen and oxygen atoms in total. The molecule has 104 valence electrons. The molecule has 1 saturated heterocycles. The van der Waals surface area contributed by atoms with Crippen molar-refractivity contribution in [3.63, 3.8) is 0 Å². The van der Waals surface area contributed by atoms with Crippen LogP contribution in [0.2, 0.25) is 0 Å². The van der Waals surface area contributed by atoms with Gasteiger partial charge in [0.2, 0.25) is 0 Å². The van der Waals surface area contributed by atoms with Crippen LogP contribution in [0.25, 0.3) is 0 Å². The van der Waals surface area contributed by atoms with Gasteiger partial charge in [-0.2, -0.15) is 0 Å². The summed E-state index contributed by atoms with van der Waals surface area (Å²) in [5, 5.41) is 34.0. The summed E-state index contributed by atoms with van der Waals surface area (Å²) in [6.45, 7) is 4.51. The van der Waals surface area contributed by atoms with Gasteiger partial charge in [-0.15, -0.1) is 0 Å². The zero-order chi connectivity index (χ0) is 13.3. The molecular weight excluding hydrogens is 252 g/mol.